The Morgan fingerprint density at radius 3 is 2.14 bits per heavy atom. The van der Waals surface area contributed by atoms with Crippen molar-refractivity contribution < 1.29 is 57.4 Å². The van der Waals surface area contributed by atoms with Gasteiger partial charge in [-0.3, -0.25) is 47.9 Å². The maximum Gasteiger partial charge on any atom is 0.315 e. The lowest BCUT2D eigenvalue weighted by Crippen LogP contribution is -2.58. The van der Waals surface area contributed by atoms with E-state index in [0.29, 0.717) is 160 Å². The highest BCUT2D eigenvalue weighted by atomic mass is 32.2. The number of carbonyl (C=O) groups excluding carboxylic acids is 9. The third-order valence-corrected chi connectivity index (χ3v) is 16.9. The maximum atomic E-state index is 14.1. The Morgan fingerprint density at radius 2 is 1.41 bits per heavy atom. The number of thioether (sulfide) groups is 1. The van der Waals surface area contributed by atoms with Crippen molar-refractivity contribution >= 4 is 65.1 Å². The number of primary amides is 1. The van der Waals surface area contributed by atoms with E-state index < -0.39 is 65.8 Å². The van der Waals surface area contributed by atoms with Gasteiger partial charge in [0.25, 0.3) is 0 Å². The number of urea groups is 1. The number of nitrogens with two attached hydrogens (primary N) is 3. The van der Waals surface area contributed by atoms with Gasteiger partial charge in [0, 0.05) is 101 Å². The average molecular weight is 1230 g/mol. The first-order valence-electron chi connectivity index (χ1n) is 30.5. The summed E-state index contributed by atoms with van der Waals surface area (Å²) in [7, 11) is 0. The van der Waals surface area contributed by atoms with Gasteiger partial charge in [-0.15, -0.1) is 5.10 Å². The van der Waals surface area contributed by atoms with Crippen molar-refractivity contribution in [1.82, 2.24) is 77.7 Å². The summed E-state index contributed by atoms with van der Waals surface area (Å²) in [6.45, 7) is 4.90. The molecule has 0 radical (unpaired) electrons. The van der Waals surface area contributed by atoms with E-state index >= 15 is 0 Å². The second-order valence-corrected chi connectivity index (χ2v) is 23.4. The maximum absolute atomic E-state index is 14.1. The molecule has 2 bridgehead atoms. The largest absolute Gasteiger partial charge is 0.379 e. The molecular formula is C55H92N18O12S. The second kappa shape index (κ2) is 37.9. The van der Waals surface area contributed by atoms with Crippen LogP contribution in [0.25, 0.3) is 0 Å². The number of rotatable bonds is 29. The van der Waals surface area contributed by atoms with Crippen molar-refractivity contribution in [3.63, 3.8) is 0 Å². The molecule has 3 saturated heterocycles. The minimum absolute atomic E-state index is 0.0144. The Hall–Kier alpha value is -6.51. The Bertz CT molecular complexity index is 2460. The lowest BCUT2D eigenvalue weighted by molar-refractivity contribution is -0.134. The van der Waals surface area contributed by atoms with E-state index in [-0.39, 0.29) is 74.5 Å². The Labute approximate surface area is 506 Å². The van der Waals surface area contributed by atoms with Crippen molar-refractivity contribution in [3.05, 3.63) is 30.1 Å². The van der Waals surface area contributed by atoms with Crippen molar-refractivity contribution in [2.75, 3.05) is 84.7 Å². The van der Waals surface area contributed by atoms with Crippen molar-refractivity contribution in [2.45, 2.75) is 176 Å². The van der Waals surface area contributed by atoms with Gasteiger partial charge in [-0.05, 0) is 96.6 Å². The predicted octanol–water partition coefficient (Wildman–Crippen LogP) is -3.00. The fraction of sp³-hybridized carbons (Fsp3) is 0.745. The Morgan fingerprint density at radius 1 is 0.698 bits per heavy atom. The first-order chi connectivity index (χ1) is 41.7. The van der Waals surface area contributed by atoms with Crippen LogP contribution in [0.3, 0.4) is 0 Å². The fourth-order valence-electron chi connectivity index (χ4n) is 10.6. The summed E-state index contributed by atoms with van der Waals surface area (Å²) in [5.41, 5.74) is 18.5. The number of H-pyrrole nitrogens is 1. The van der Waals surface area contributed by atoms with Gasteiger partial charge in [0.1, 0.15) is 24.2 Å². The SMILES string of the molecule is NCCCC[C@@H]1NC(=O)[C@H](CCC(N)=O)NC(=O)[C@@H](N)Cc2cn(nn2)CCCC[C@@H](C(=O)NCCCOCCOCCOCCCNC(=O)CCCCC2SC[C@H]3NC(=O)N[C@@H]23)NC(=O)C2CCCN2CCNC(=O)[C@H](Cc2cnc[nH]2)NC1=O. The zero-order valence-corrected chi connectivity index (χ0v) is 50.1. The topological polar surface area (TPSA) is 430 Å². The number of hydrogen-bond donors (Lipinski definition) is 13. The molecule has 3 fully saturated rings. The van der Waals surface area contributed by atoms with Crippen LogP contribution in [0.15, 0.2) is 18.7 Å². The number of aryl methyl sites for hydroxylation is 1. The first kappa shape index (κ1) is 68.6. The molecule has 16 N–H and O–H groups in total. The van der Waals surface area contributed by atoms with Crippen molar-refractivity contribution in [2.24, 2.45) is 17.2 Å². The van der Waals surface area contributed by atoms with Gasteiger partial charge >= 0.3 is 6.03 Å². The molecule has 0 spiro atoms. The van der Waals surface area contributed by atoms with Gasteiger partial charge in [-0.1, -0.05) is 11.6 Å². The molecule has 0 aromatic carbocycles. The molecule has 2 aromatic rings. The molecule has 4 aliphatic heterocycles. The summed E-state index contributed by atoms with van der Waals surface area (Å²) >= 11 is 1.88. The third-order valence-electron chi connectivity index (χ3n) is 15.4. The van der Waals surface area contributed by atoms with E-state index in [9.17, 15) is 43.2 Å². The average Bonchev–Trinajstić information content (AvgIpc) is 3.49. The summed E-state index contributed by atoms with van der Waals surface area (Å²) < 4.78 is 18.6. The summed E-state index contributed by atoms with van der Waals surface area (Å²) in [4.78, 5) is 128. The number of nitrogens with one attached hydrogen (secondary N) is 10. The van der Waals surface area contributed by atoms with Gasteiger partial charge in [0.05, 0.1) is 62.6 Å². The van der Waals surface area contributed by atoms with Gasteiger partial charge in [0.15, 0.2) is 0 Å². The molecule has 0 saturated carbocycles. The van der Waals surface area contributed by atoms with Crippen LogP contribution in [0.5, 0.6) is 0 Å². The summed E-state index contributed by atoms with van der Waals surface area (Å²) in [6.07, 6.45) is 12.2. The zero-order chi connectivity index (χ0) is 61.5. The predicted molar refractivity (Wildman–Crippen MR) is 316 cm³/mol. The summed E-state index contributed by atoms with van der Waals surface area (Å²) in [6, 6.07) is -5.96. The number of ether oxygens (including phenoxy) is 3. The number of aromatic nitrogens is 5. The summed E-state index contributed by atoms with van der Waals surface area (Å²) in [5.74, 6) is -3.12. The smallest absolute Gasteiger partial charge is 0.315 e. The lowest BCUT2D eigenvalue weighted by Gasteiger charge is -2.27. The molecule has 9 atom stereocenters. The molecule has 10 amide bonds. The second-order valence-electron chi connectivity index (χ2n) is 22.1. The number of hydrogen-bond acceptors (Lipinski definition) is 19. The Kier molecular flexibility index (Phi) is 30.2. The number of carbonyl (C=O) groups is 9. The van der Waals surface area contributed by atoms with Crippen LogP contribution in [-0.4, -0.2) is 221 Å². The van der Waals surface area contributed by atoms with Crippen LogP contribution in [0, 0.1) is 0 Å². The molecule has 480 valence electrons. The number of imidazole rings is 1. The van der Waals surface area contributed by atoms with E-state index in [2.05, 4.69) is 68.1 Å². The molecule has 6 rings (SSSR count). The van der Waals surface area contributed by atoms with Crippen molar-refractivity contribution in [3.8, 4) is 0 Å². The van der Waals surface area contributed by atoms with Crippen molar-refractivity contribution in [1.29, 1.82) is 0 Å². The quantitative estimate of drug-likeness (QED) is 0.0285. The molecule has 30 nitrogen and oxygen atoms in total. The third kappa shape index (κ3) is 24.3. The molecule has 86 heavy (non-hydrogen) atoms. The van der Waals surface area contributed by atoms with Gasteiger partial charge < -0.3 is 84.2 Å². The van der Waals surface area contributed by atoms with E-state index in [1.807, 2.05) is 16.7 Å². The molecule has 4 aliphatic rings. The standard InChI is InChI=1S/C55H92N18O12S/c56-17-5-3-10-40-52(79)67-42(31-36-32-59-35-63-36)51(78)62-20-23-72-21-7-12-44(72)54(81)66-39(11-4-6-22-73-33-37(70-71-73)30-38(57)49(76)64-41(53(80)65-40)15-16-46(58)74)50(77)61-19-9-25-84-27-29-85-28-26-83-24-8-18-60-47(75)14-2-1-13-45-48-43(34-86-45)68-55(82)69-48/h32-33,35,38-45,48H,1-31,34,56-57H2,(H2,58,74)(H,59,63)(H,60,75)(H,61,77)(H,62,78)(H,64,76)(H,65,80)(H,66,81)(H,67,79)(H2,68,69,82)/t38-,39-,40-,41-,42-,43+,44?,45?,48+/m0/s1. The number of aromatic amines is 1. The van der Waals surface area contributed by atoms with Crippen LogP contribution in [-0.2, 0) is 72.0 Å². The van der Waals surface area contributed by atoms with Gasteiger partial charge in [-0.25, -0.2) is 9.78 Å². The van der Waals surface area contributed by atoms with Crippen LogP contribution in [0.2, 0.25) is 0 Å². The number of unbranched alkanes of at least 4 members (excludes halogenated alkanes) is 2. The highest BCUT2D eigenvalue weighted by Crippen LogP contribution is 2.33. The molecule has 2 aromatic heterocycles. The molecule has 2 unspecified atom stereocenters. The lowest BCUT2D eigenvalue weighted by atomic mass is 10.0. The van der Waals surface area contributed by atoms with Crippen LogP contribution < -0.4 is 65.1 Å². The van der Waals surface area contributed by atoms with E-state index in [0.717, 1.165) is 25.0 Å². The van der Waals surface area contributed by atoms with Crippen LogP contribution in [0.4, 0.5) is 4.79 Å². The minimum atomic E-state index is -1.31. The Balaban J connectivity index is 0.950. The molecular weight excluding hydrogens is 1140 g/mol. The fourth-order valence-corrected chi connectivity index (χ4v) is 12.2. The van der Waals surface area contributed by atoms with Gasteiger partial charge in [0.2, 0.25) is 47.3 Å². The monoisotopic (exact) mass is 1230 g/mol. The highest BCUT2D eigenvalue weighted by molar-refractivity contribution is 8.00. The van der Waals surface area contributed by atoms with Crippen LogP contribution in [0.1, 0.15) is 114 Å². The van der Waals surface area contributed by atoms with Gasteiger partial charge in [-0.2, -0.15) is 11.8 Å². The number of nitrogens with zero attached hydrogens (tertiary/aromatic N) is 5. The molecule has 0 aliphatic carbocycles. The summed E-state index contributed by atoms with van der Waals surface area (Å²) in [5, 5.41) is 34.6. The highest BCUT2D eigenvalue weighted by Gasteiger charge is 2.43. The van der Waals surface area contributed by atoms with E-state index in [1.165, 1.54) is 12.5 Å². The van der Waals surface area contributed by atoms with E-state index in [4.69, 9.17) is 31.4 Å². The van der Waals surface area contributed by atoms with E-state index in [1.54, 1.807) is 10.9 Å². The first-order valence-corrected chi connectivity index (χ1v) is 31.5. The molecule has 6 heterocycles. The minimum Gasteiger partial charge on any atom is -0.379 e. The van der Waals surface area contributed by atoms with Crippen LogP contribution >= 0.6 is 11.8 Å². The number of amides is 10. The molecule has 31 heteroatoms. The number of fused-ring (bicyclic) bond motifs is 4. The normalized spacial score (nSPS) is 24.8. The zero-order valence-electron chi connectivity index (χ0n) is 49.3.